The van der Waals surface area contributed by atoms with Gasteiger partial charge >= 0.3 is 6.09 Å². The topological polar surface area (TPSA) is 131 Å². The summed E-state index contributed by atoms with van der Waals surface area (Å²) in [6, 6.07) is 0. The third-order valence-corrected chi connectivity index (χ3v) is 8.13. The second-order valence-electron chi connectivity index (χ2n) is 11.1. The van der Waals surface area contributed by atoms with Crippen molar-refractivity contribution >= 4 is 23.6 Å². The van der Waals surface area contributed by atoms with Gasteiger partial charge in [-0.2, -0.15) is 0 Å². The van der Waals surface area contributed by atoms with Crippen LogP contribution >= 0.6 is 0 Å². The number of carbonyl (C=O) groups excluding carboxylic acids is 4. The number of rotatable bonds is 10. The van der Waals surface area contributed by atoms with E-state index in [0.717, 1.165) is 32.1 Å². The highest BCUT2D eigenvalue weighted by atomic mass is 16.6. The molecular weight excluding hydrogens is 464 g/mol. The summed E-state index contributed by atoms with van der Waals surface area (Å²) in [7, 11) is 0. The van der Waals surface area contributed by atoms with Gasteiger partial charge in [-0.15, -0.1) is 0 Å². The maximum absolute atomic E-state index is 13.7. The lowest BCUT2D eigenvalue weighted by atomic mass is 9.73. The third-order valence-electron chi connectivity index (χ3n) is 8.13. The second-order valence-corrected chi connectivity index (χ2v) is 11.1. The molecule has 204 valence electrons. The fourth-order valence-corrected chi connectivity index (χ4v) is 5.72. The third kappa shape index (κ3) is 7.75. The van der Waals surface area contributed by atoms with Crippen molar-refractivity contribution in [3.63, 3.8) is 0 Å². The molecule has 0 unspecified atom stereocenters. The molecule has 3 rings (SSSR count). The predicted octanol–water partition coefficient (Wildman–Crippen LogP) is 3.06. The van der Waals surface area contributed by atoms with Crippen LogP contribution in [-0.4, -0.2) is 66.2 Å². The lowest BCUT2D eigenvalue weighted by Crippen LogP contribution is -2.57. The van der Waals surface area contributed by atoms with Gasteiger partial charge < -0.3 is 25.2 Å². The number of amides is 2. The van der Waals surface area contributed by atoms with E-state index in [0.29, 0.717) is 51.9 Å². The molecule has 0 spiro atoms. The summed E-state index contributed by atoms with van der Waals surface area (Å²) in [6.45, 7) is 5.47. The zero-order chi connectivity index (χ0) is 26.1. The molecule has 2 heterocycles. The summed E-state index contributed by atoms with van der Waals surface area (Å²) in [5.74, 6) is -1.86. The predicted molar refractivity (Wildman–Crippen MR) is 133 cm³/mol. The molecule has 3 N–H and O–H groups in total. The van der Waals surface area contributed by atoms with E-state index in [1.54, 1.807) is 0 Å². The van der Waals surface area contributed by atoms with Crippen molar-refractivity contribution in [2.24, 2.45) is 17.8 Å². The van der Waals surface area contributed by atoms with Gasteiger partial charge in [0.25, 0.3) is 0 Å². The van der Waals surface area contributed by atoms with Crippen molar-refractivity contribution in [3.05, 3.63) is 0 Å². The van der Waals surface area contributed by atoms with Crippen LogP contribution in [0.1, 0.15) is 90.9 Å². The Labute approximate surface area is 214 Å². The number of hydrogen-bond acceptors (Lipinski definition) is 7. The molecule has 3 atom stereocenters. The minimum absolute atomic E-state index is 0.0149. The van der Waals surface area contributed by atoms with Crippen LogP contribution in [0.3, 0.4) is 0 Å². The van der Waals surface area contributed by atoms with Gasteiger partial charge in [0.2, 0.25) is 5.91 Å². The van der Waals surface area contributed by atoms with E-state index in [-0.39, 0.29) is 36.6 Å². The Morgan fingerprint density at radius 2 is 1.78 bits per heavy atom. The number of ether oxygens (including phenoxy) is 2. The van der Waals surface area contributed by atoms with E-state index in [1.165, 1.54) is 0 Å². The minimum Gasteiger partial charge on any atom is -0.446 e. The highest BCUT2D eigenvalue weighted by Gasteiger charge is 2.44. The van der Waals surface area contributed by atoms with Crippen LogP contribution in [0.5, 0.6) is 0 Å². The molecule has 2 aliphatic heterocycles. The number of aliphatic hydroxyl groups excluding tert-OH is 1. The second kappa shape index (κ2) is 13.5. The molecular formula is C27H44N2O7. The highest BCUT2D eigenvalue weighted by Crippen LogP contribution is 2.34. The van der Waals surface area contributed by atoms with E-state index >= 15 is 0 Å². The minimum atomic E-state index is -1.33. The zero-order valence-corrected chi connectivity index (χ0v) is 21.9. The lowest BCUT2D eigenvalue weighted by molar-refractivity contribution is -0.138. The molecule has 3 fully saturated rings. The van der Waals surface area contributed by atoms with Crippen molar-refractivity contribution in [1.82, 2.24) is 10.6 Å². The van der Waals surface area contributed by atoms with Gasteiger partial charge in [0.1, 0.15) is 17.7 Å². The molecule has 0 aromatic carbocycles. The van der Waals surface area contributed by atoms with Crippen molar-refractivity contribution < 1.29 is 33.8 Å². The highest BCUT2D eigenvalue weighted by molar-refractivity contribution is 5.93. The van der Waals surface area contributed by atoms with Gasteiger partial charge in [0, 0.05) is 44.1 Å². The van der Waals surface area contributed by atoms with Crippen molar-refractivity contribution in [2.75, 3.05) is 19.8 Å². The smallest absolute Gasteiger partial charge is 0.408 e. The Bertz CT molecular complexity index is 772. The van der Waals surface area contributed by atoms with E-state index in [9.17, 15) is 24.3 Å². The molecule has 3 aliphatic rings. The molecule has 9 heteroatoms. The molecule has 2 saturated heterocycles. The normalized spacial score (nSPS) is 24.8. The molecule has 36 heavy (non-hydrogen) atoms. The standard InChI is InChI=1S/C27H44N2O7/c1-18(2)21(24(32)22(30)16-19-8-4-7-13-28-25(19)33)17-23(31)27(11-5-3-6-12-27)29-26(34)36-20-9-14-35-15-10-20/h18-21,24,32H,3-17H2,1-2H3,(H,28,33)(H,29,34)/t19-,21+,24+/m1/s1. The van der Waals surface area contributed by atoms with Crippen molar-refractivity contribution in [2.45, 2.75) is 109 Å². The number of hydrogen-bond donors (Lipinski definition) is 3. The summed E-state index contributed by atoms with van der Waals surface area (Å²) in [6.07, 6.45) is 5.11. The monoisotopic (exact) mass is 508 g/mol. The van der Waals surface area contributed by atoms with Gasteiger partial charge in [-0.3, -0.25) is 14.4 Å². The number of carbonyl (C=O) groups is 4. The summed E-state index contributed by atoms with van der Waals surface area (Å²) in [5, 5.41) is 16.7. The maximum Gasteiger partial charge on any atom is 0.408 e. The lowest BCUT2D eigenvalue weighted by Gasteiger charge is -2.38. The number of alkyl carbamates (subject to hydrolysis) is 1. The molecule has 1 saturated carbocycles. The van der Waals surface area contributed by atoms with Gasteiger partial charge in [-0.1, -0.05) is 39.5 Å². The molecule has 0 bridgehead atoms. The van der Waals surface area contributed by atoms with Crippen LogP contribution in [0.25, 0.3) is 0 Å². The molecule has 2 amide bonds. The Morgan fingerprint density at radius 1 is 1.08 bits per heavy atom. The molecule has 9 nitrogen and oxygen atoms in total. The van der Waals surface area contributed by atoms with Gasteiger partial charge in [0.15, 0.2) is 11.6 Å². The molecule has 0 aromatic heterocycles. The average Bonchev–Trinajstić information content (AvgIpc) is 3.06. The average molecular weight is 509 g/mol. The quantitative estimate of drug-likeness (QED) is 0.413. The molecule has 1 aliphatic carbocycles. The summed E-state index contributed by atoms with van der Waals surface area (Å²) >= 11 is 0. The first-order chi connectivity index (χ1) is 17.2. The van der Waals surface area contributed by atoms with Gasteiger partial charge in [-0.05, 0) is 31.6 Å². The first-order valence-corrected chi connectivity index (χ1v) is 13.8. The number of aliphatic hydroxyl groups is 1. The van der Waals surface area contributed by atoms with E-state index < -0.39 is 35.4 Å². The summed E-state index contributed by atoms with van der Waals surface area (Å²) < 4.78 is 10.9. The van der Waals surface area contributed by atoms with Crippen LogP contribution in [0.15, 0.2) is 0 Å². The Hall–Kier alpha value is -2.00. The Balaban J connectivity index is 1.65. The summed E-state index contributed by atoms with van der Waals surface area (Å²) in [4.78, 5) is 51.8. The first-order valence-electron chi connectivity index (χ1n) is 13.8. The van der Waals surface area contributed by atoms with Crippen LogP contribution in [-0.2, 0) is 23.9 Å². The summed E-state index contributed by atoms with van der Waals surface area (Å²) in [5.41, 5.74) is -1.04. The largest absolute Gasteiger partial charge is 0.446 e. The van der Waals surface area contributed by atoms with Crippen molar-refractivity contribution in [1.29, 1.82) is 0 Å². The van der Waals surface area contributed by atoms with Crippen molar-refractivity contribution in [3.8, 4) is 0 Å². The van der Waals surface area contributed by atoms with Gasteiger partial charge in [-0.25, -0.2) is 4.79 Å². The van der Waals surface area contributed by atoms with E-state index in [4.69, 9.17) is 9.47 Å². The number of nitrogens with one attached hydrogen (secondary N) is 2. The number of Topliss-reactive ketones (excluding diaryl/α,β-unsaturated/α-hetero) is 2. The van der Waals surface area contributed by atoms with E-state index in [2.05, 4.69) is 10.6 Å². The SMILES string of the molecule is CC(C)[C@H](CC(=O)C1(NC(=O)OC2CCOCC2)CCCCC1)[C@H](O)C(=O)C[C@H]1CCCCNC1=O. The van der Waals surface area contributed by atoms with Crippen LogP contribution < -0.4 is 10.6 Å². The zero-order valence-electron chi connectivity index (χ0n) is 21.9. The number of ketones is 2. The van der Waals surface area contributed by atoms with E-state index in [1.807, 2.05) is 13.8 Å². The molecule has 0 aromatic rings. The first kappa shape index (κ1) is 28.6. The molecule has 0 radical (unpaired) electrons. The van der Waals surface area contributed by atoms with Crippen LogP contribution in [0.2, 0.25) is 0 Å². The van der Waals surface area contributed by atoms with Crippen LogP contribution in [0, 0.1) is 17.8 Å². The Morgan fingerprint density at radius 3 is 2.44 bits per heavy atom. The fraction of sp³-hybridized carbons (Fsp3) is 0.852. The Kier molecular flexibility index (Phi) is 10.7. The van der Waals surface area contributed by atoms with Gasteiger partial charge in [0.05, 0.1) is 13.2 Å². The van der Waals surface area contributed by atoms with Crippen LogP contribution in [0.4, 0.5) is 4.79 Å². The maximum atomic E-state index is 13.7. The fourth-order valence-electron chi connectivity index (χ4n) is 5.72.